The van der Waals surface area contributed by atoms with Crippen LogP contribution in [0, 0.1) is 5.41 Å². The molecule has 5 rings (SSSR count). The van der Waals surface area contributed by atoms with Crippen LogP contribution in [-0.2, 0) is 12.6 Å². The Kier molecular flexibility index (Phi) is 4.75. The van der Waals surface area contributed by atoms with E-state index in [4.69, 9.17) is 0 Å². The van der Waals surface area contributed by atoms with Gasteiger partial charge in [-0.3, -0.25) is 0 Å². The molecule has 0 spiro atoms. The molecule has 5 aromatic rings. The Morgan fingerprint density at radius 3 is 2.41 bits per heavy atom. The van der Waals surface area contributed by atoms with Gasteiger partial charge in [0.15, 0.2) is 0 Å². The Balaban J connectivity index is 1.74. The molecular weight excluding hydrogens is 429 g/mol. The highest BCUT2D eigenvalue weighted by Crippen LogP contribution is 2.42. The number of alkyl halides is 3. The predicted molar refractivity (Wildman–Crippen MR) is 126 cm³/mol. The number of halogens is 3. The number of thiophene rings is 1. The number of aromatic nitrogens is 2. The molecule has 2 heterocycles. The van der Waals surface area contributed by atoms with Gasteiger partial charge in [0, 0.05) is 15.6 Å². The summed E-state index contributed by atoms with van der Waals surface area (Å²) in [6.07, 6.45) is -2.07. The van der Waals surface area contributed by atoms with Crippen LogP contribution < -0.4 is 0 Å². The van der Waals surface area contributed by atoms with Crippen molar-refractivity contribution in [1.29, 1.82) is 0 Å². The van der Waals surface area contributed by atoms with E-state index in [0.717, 1.165) is 26.7 Å². The van der Waals surface area contributed by atoms with E-state index in [1.165, 1.54) is 35.4 Å². The van der Waals surface area contributed by atoms with E-state index >= 15 is 0 Å². The lowest BCUT2D eigenvalue weighted by molar-refractivity contribution is -0.136. The van der Waals surface area contributed by atoms with E-state index in [0.29, 0.717) is 16.6 Å². The summed E-state index contributed by atoms with van der Waals surface area (Å²) in [5, 5.41) is 1.73. The molecule has 32 heavy (non-hydrogen) atoms. The lowest BCUT2D eigenvalue weighted by Gasteiger charge is -2.17. The van der Waals surface area contributed by atoms with Crippen molar-refractivity contribution in [1.82, 2.24) is 9.97 Å². The van der Waals surface area contributed by atoms with Gasteiger partial charge in [0.2, 0.25) is 0 Å². The zero-order valence-electron chi connectivity index (χ0n) is 17.9. The van der Waals surface area contributed by atoms with Crippen molar-refractivity contribution >= 4 is 42.4 Å². The second-order valence-electron chi connectivity index (χ2n) is 9.31. The van der Waals surface area contributed by atoms with E-state index in [1.54, 1.807) is 24.3 Å². The Hall–Kier alpha value is -2.99. The van der Waals surface area contributed by atoms with Crippen LogP contribution in [0.25, 0.3) is 42.3 Å². The van der Waals surface area contributed by atoms with E-state index in [9.17, 15) is 13.2 Å². The molecule has 0 bridgehead atoms. The molecule has 6 heteroatoms. The second-order valence-corrected chi connectivity index (χ2v) is 10.4. The van der Waals surface area contributed by atoms with Crippen molar-refractivity contribution in [2.24, 2.45) is 5.41 Å². The molecule has 162 valence electrons. The molecule has 2 aromatic heterocycles. The summed E-state index contributed by atoms with van der Waals surface area (Å²) in [4.78, 5) is 8.89. The third-order valence-corrected chi connectivity index (χ3v) is 6.64. The Morgan fingerprint density at radius 1 is 0.875 bits per heavy atom. The first-order valence-electron chi connectivity index (χ1n) is 10.4. The summed E-state index contributed by atoms with van der Waals surface area (Å²) in [5.41, 5.74) is 2.50. The molecule has 0 aliphatic rings. The fourth-order valence-electron chi connectivity index (χ4n) is 4.23. The first-order valence-corrected chi connectivity index (χ1v) is 11.2. The quantitative estimate of drug-likeness (QED) is 0.270. The van der Waals surface area contributed by atoms with E-state index in [-0.39, 0.29) is 10.8 Å². The van der Waals surface area contributed by atoms with E-state index in [2.05, 4.69) is 48.9 Å². The zero-order valence-corrected chi connectivity index (χ0v) is 18.7. The van der Waals surface area contributed by atoms with Gasteiger partial charge in [0.1, 0.15) is 6.33 Å². The normalized spacial score (nSPS) is 12.8. The largest absolute Gasteiger partial charge is 0.417 e. The summed E-state index contributed by atoms with van der Waals surface area (Å²) in [5.74, 6) is 0. The van der Waals surface area contributed by atoms with Crippen molar-refractivity contribution in [3.63, 3.8) is 0 Å². The number of hydrogen-bond acceptors (Lipinski definition) is 3. The number of hydrogen-bond donors (Lipinski definition) is 0. The molecule has 0 aliphatic heterocycles. The number of nitrogens with zero attached hydrogens (tertiary/aromatic N) is 2. The van der Waals surface area contributed by atoms with Crippen LogP contribution in [0.4, 0.5) is 13.2 Å². The minimum atomic E-state index is -4.45. The number of benzene rings is 3. The molecule has 2 nitrogen and oxygen atoms in total. The Bertz CT molecular complexity index is 1480. The molecule has 0 unspecified atom stereocenters. The molecule has 0 fully saturated rings. The standard InChI is InChI=1S/C26H21F3N2S/c1-25(2,3)13-15-8-9-19-21(10-15)32-24-22(30-14-31-23(19)24)17-11-16-6-4-5-7-18(16)20(12-17)26(27,28)29/h4-12,14H,13H2,1-3H3. The van der Waals surface area contributed by atoms with Gasteiger partial charge in [-0.15, -0.1) is 11.3 Å². The molecule has 0 N–H and O–H groups in total. The summed E-state index contributed by atoms with van der Waals surface area (Å²) < 4.78 is 43.4. The molecular formula is C26H21F3N2S. The topological polar surface area (TPSA) is 25.8 Å². The third-order valence-electron chi connectivity index (χ3n) is 5.49. The van der Waals surface area contributed by atoms with Gasteiger partial charge in [0.05, 0.1) is 21.5 Å². The van der Waals surface area contributed by atoms with Crippen molar-refractivity contribution in [2.75, 3.05) is 0 Å². The van der Waals surface area contributed by atoms with Crippen molar-refractivity contribution < 1.29 is 13.2 Å². The van der Waals surface area contributed by atoms with Crippen molar-refractivity contribution in [2.45, 2.75) is 33.4 Å². The lowest BCUT2D eigenvalue weighted by atomic mass is 9.88. The van der Waals surface area contributed by atoms with Gasteiger partial charge in [-0.2, -0.15) is 13.2 Å². The van der Waals surface area contributed by atoms with Gasteiger partial charge in [-0.25, -0.2) is 9.97 Å². The van der Waals surface area contributed by atoms with Crippen LogP contribution in [0.15, 0.2) is 60.9 Å². The molecule has 0 aliphatic carbocycles. The fourth-order valence-corrected chi connectivity index (χ4v) is 5.46. The average Bonchev–Trinajstić information content (AvgIpc) is 3.08. The lowest BCUT2D eigenvalue weighted by Crippen LogP contribution is -2.08. The SMILES string of the molecule is CC(C)(C)Cc1ccc2c(c1)sc1c(-c3cc(C(F)(F)F)c4ccccc4c3)ncnc12. The highest BCUT2D eigenvalue weighted by molar-refractivity contribution is 7.26. The summed E-state index contributed by atoms with van der Waals surface area (Å²) >= 11 is 1.54. The maximum absolute atomic E-state index is 13.8. The predicted octanol–water partition coefficient (Wildman–Crippen LogP) is 8.27. The van der Waals surface area contributed by atoms with Crippen molar-refractivity contribution in [3.05, 3.63) is 72.1 Å². The molecule has 0 radical (unpaired) electrons. The number of fused-ring (bicyclic) bond motifs is 4. The Labute approximate surface area is 187 Å². The van der Waals surface area contributed by atoms with Crippen LogP contribution in [0.3, 0.4) is 0 Å². The second kappa shape index (κ2) is 7.27. The van der Waals surface area contributed by atoms with Gasteiger partial charge < -0.3 is 0 Å². The highest BCUT2D eigenvalue weighted by Gasteiger charge is 2.33. The van der Waals surface area contributed by atoms with E-state index < -0.39 is 11.7 Å². The number of rotatable bonds is 2. The summed E-state index contributed by atoms with van der Waals surface area (Å²) in [7, 11) is 0. The summed E-state index contributed by atoms with van der Waals surface area (Å²) in [6.45, 7) is 6.59. The Morgan fingerprint density at radius 2 is 1.66 bits per heavy atom. The van der Waals surface area contributed by atoms with E-state index in [1.807, 2.05) is 0 Å². The maximum atomic E-state index is 13.8. The van der Waals surface area contributed by atoms with Crippen LogP contribution >= 0.6 is 11.3 Å². The molecule has 0 atom stereocenters. The van der Waals surface area contributed by atoms with Gasteiger partial charge in [-0.1, -0.05) is 57.2 Å². The van der Waals surface area contributed by atoms with Gasteiger partial charge >= 0.3 is 6.18 Å². The van der Waals surface area contributed by atoms with Crippen LogP contribution in [0.5, 0.6) is 0 Å². The first-order chi connectivity index (χ1) is 15.1. The summed E-state index contributed by atoms with van der Waals surface area (Å²) in [6, 6.07) is 15.9. The van der Waals surface area contributed by atoms with Crippen molar-refractivity contribution in [3.8, 4) is 11.3 Å². The van der Waals surface area contributed by atoms with Crippen LogP contribution in [-0.4, -0.2) is 9.97 Å². The zero-order chi connectivity index (χ0) is 22.7. The van der Waals surface area contributed by atoms with Crippen LogP contribution in [0.2, 0.25) is 0 Å². The van der Waals surface area contributed by atoms with Gasteiger partial charge in [-0.05, 0) is 46.4 Å². The third kappa shape index (κ3) is 3.73. The molecule has 0 saturated carbocycles. The monoisotopic (exact) mass is 450 g/mol. The highest BCUT2D eigenvalue weighted by atomic mass is 32.1. The van der Waals surface area contributed by atoms with Crippen LogP contribution in [0.1, 0.15) is 31.9 Å². The molecule has 0 amide bonds. The minimum Gasteiger partial charge on any atom is -0.235 e. The minimum absolute atomic E-state index is 0.161. The molecule has 3 aromatic carbocycles. The maximum Gasteiger partial charge on any atom is 0.417 e. The average molecular weight is 451 g/mol. The first kappa shape index (κ1) is 20.9. The smallest absolute Gasteiger partial charge is 0.235 e. The fraction of sp³-hybridized carbons (Fsp3) is 0.231. The van der Waals surface area contributed by atoms with Gasteiger partial charge in [0.25, 0.3) is 0 Å². The molecule has 0 saturated heterocycles.